The zero-order valence-corrected chi connectivity index (χ0v) is 19.1. The molecule has 0 bridgehead atoms. The maximum atomic E-state index is 14.3. The SMILES string of the molecule is O=C(O)CN(Cc1c(F)cccc1Cl)C(=O)CCn1c(C2CCCCC2)nc2ccccc21. The molecule has 1 amide bonds. The number of aliphatic carboxylic acids is 1. The van der Waals surface area contributed by atoms with Crippen molar-refractivity contribution >= 4 is 34.5 Å². The standard InChI is InChI=1S/C25H27ClFN3O3/c26-19-9-6-10-20(27)18(19)15-29(16-24(32)33)23(31)13-14-30-22-12-5-4-11-21(22)28-25(30)17-7-2-1-3-8-17/h4-6,9-12,17H,1-3,7-8,13-16H2,(H,32,33). The van der Waals surface area contributed by atoms with E-state index in [4.69, 9.17) is 16.6 Å². The average molecular weight is 472 g/mol. The molecule has 0 unspecified atom stereocenters. The van der Waals surface area contributed by atoms with Gasteiger partial charge in [0.15, 0.2) is 0 Å². The minimum absolute atomic E-state index is 0.0828. The van der Waals surface area contributed by atoms with E-state index in [2.05, 4.69) is 4.57 Å². The number of hydrogen-bond acceptors (Lipinski definition) is 3. The smallest absolute Gasteiger partial charge is 0.323 e. The molecular formula is C25H27ClFN3O3. The summed E-state index contributed by atoms with van der Waals surface area (Å²) in [4.78, 5) is 30.5. The van der Waals surface area contributed by atoms with E-state index in [0.717, 1.165) is 34.6 Å². The number of carbonyl (C=O) groups excluding carboxylic acids is 1. The number of imidazole rings is 1. The van der Waals surface area contributed by atoms with Gasteiger partial charge in [-0.05, 0) is 37.1 Å². The van der Waals surface area contributed by atoms with Crippen molar-refractivity contribution in [3.63, 3.8) is 0 Å². The highest BCUT2D eigenvalue weighted by Crippen LogP contribution is 2.34. The highest BCUT2D eigenvalue weighted by Gasteiger charge is 2.24. The lowest BCUT2D eigenvalue weighted by Crippen LogP contribution is -2.36. The third kappa shape index (κ3) is 5.36. The Kier molecular flexibility index (Phi) is 7.28. The van der Waals surface area contributed by atoms with Gasteiger partial charge in [0.25, 0.3) is 0 Å². The molecule has 1 saturated carbocycles. The lowest BCUT2D eigenvalue weighted by Gasteiger charge is -2.24. The molecule has 2 aromatic carbocycles. The van der Waals surface area contributed by atoms with Gasteiger partial charge < -0.3 is 14.6 Å². The van der Waals surface area contributed by atoms with Crippen LogP contribution in [-0.2, 0) is 22.7 Å². The first-order chi connectivity index (χ1) is 15.9. The number of fused-ring (bicyclic) bond motifs is 1. The first-order valence-corrected chi connectivity index (χ1v) is 11.7. The van der Waals surface area contributed by atoms with Gasteiger partial charge in [-0.3, -0.25) is 9.59 Å². The van der Waals surface area contributed by atoms with E-state index in [1.165, 1.54) is 37.5 Å². The Bertz CT molecular complexity index is 1140. The summed E-state index contributed by atoms with van der Waals surface area (Å²) in [5.41, 5.74) is 1.98. The fourth-order valence-electron chi connectivity index (χ4n) is 4.64. The maximum absolute atomic E-state index is 14.3. The van der Waals surface area contributed by atoms with Crippen LogP contribution in [0.15, 0.2) is 42.5 Å². The van der Waals surface area contributed by atoms with E-state index >= 15 is 0 Å². The van der Waals surface area contributed by atoms with Crippen LogP contribution in [0.3, 0.4) is 0 Å². The maximum Gasteiger partial charge on any atom is 0.323 e. The molecule has 0 aliphatic heterocycles. The van der Waals surface area contributed by atoms with Crippen molar-refractivity contribution in [1.29, 1.82) is 0 Å². The van der Waals surface area contributed by atoms with E-state index in [-0.39, 0.29) is 29.5 Å². The summed E-state index contributed by atoms with van der Waals surface area (Å²) >= 11 is 6.11. The zero-order valence-electron chi connectivity index (χ0n) is 18.3. The van der Waals surface area contributed by atoms with E-state index in [1.54, 1.807) is 0 Å². The van der Waals surface area contributed by atoms with Gasteiger partial charge in [-0.1, -0.05) is 49.1 Å². The molecule has 1 N–H and O–H groups in total. The van der Waals surface area contributed by atoms with Gasteiger partial charge >= 0.3 is 5.97 Å². The van der Waals surface area contributed by atoms with Crippen molar-refractivity contribution in [2.24, 2.45) is 0 Å². The van der Waals surface area contributed by atoms with E-state index in [1.807, 2.05) is 24.3 Å². The number of amides is 1. The fourth-order valence-corrected chi connectivity index (χ4v) is 4.86. The largest absolute Gasteiger partial charge is 0.480 e. The number of para-hydroxylation sites is 2. The van der Waals surface area contributed by atoms with Crippen LogP contribution in [0.1, 0.15) is 55.8 Å². The Labute approximate surface area is 197 Å². The quantitative estimate of drug-likeness (QED) is 0.478. The van der Waals surface area contributed by atoms with Crippen LogP contribution in [0.25, 0.3) is 11.0 Å². The van der Waals surface area contributed by atoms with Crippen molar-refractivity contribution in [2.45, 2.75) is 57.5 Å². The lowest BCUT2D eigenvalue weighted by molar-refractivity contribution is -0.145. The molecule has 1 aliphatic carbocycles. The molecule has 0 atom stereocenters. The number of rotatable bonds is 8. The van der Waals surface area contributed by atoms with Crippen LogP contribution < -0.4 is 0 Å². The summed E-state index contributed by atoms with van der Waals surface area (Å²) in [6.07, 6.45) is 5.81. The minimum Gasteiger partial charge on any atom is -0.480 e. The molecule has 1 fully saturated rings. The number of aryl methyl sites for hydroxylation is 1. The molecule has 8 heteroatoms. The number of hydrogen-bond donors (Lipinski definition) is 1. The molecule has 174 valence electrons. The lowest BCUT2D eigenvalue weighted by atomic mass is 9.88. The fraction of sp³-hybridized carbons (Fsp3) is 0.400. The van der Waals surface area contributed by atoms with Crippen LogP contribution >= 0.6 is 11.6 Å². The third-order valence-electron chi connectivity index (χ3n) is 6.29. The summed E-state index contributed by atoms with van der Waals surface area (Å²) in [6, 6.07) is 12.1. The van der Waals surface area contributed by atoms with Gasteiger partial charge in [0, 0.05) is 29.5 Å². The van der Waals surface area contributed by atoms with E-state index in [9.17, 15) is 19.1 Å². The second-order valence-electron chi connectivity index (χ2n) is 8.54. The third-order valence-corrected chi connectivity index (χ3v) is 6.65. The number of carboxylic acids is 1. The first kappa shape index (κ1) is 23.2. The number of benzene rings is 2. The van der Waals surface area contributed by atoms with Crippen molar-refractivity contribution in [1.82, 2.24) is 14.5 Å². The number of carbonyl (C=O) groups is 2. The molecule has 1 aromatic heterocycles. The summed E-state index contributed by atoms with van der Waals surface area (Å²) in [7, 11) is 0. The van der Waals surface area contributed by atoms with Crippen molar-refractivity contribution < 1.29 is 19.1 Å². The molecular weight excluding hydrogens is 445 g/mol. The van der Waals surface area contributed by atoms with Gasteiger partial charge in [0.2, 0.25) is 5.91 Å². The van der Waals surface area contributed by atoms with Crippen LogP contribution in [0.4, 0.5) is 4.39 Å². The van der Waals surface area contributed by atoms with Gasteiger partial charge in [0.05, 0.1) is 17.6 Å². The minimum atomic E-state index is -1.16. The Balaban J connectivity index is 1.56. The van der Waals surface area contributed by atoms with Gasteiger partial charge in [-0.25, -0.2) is 9.37 Å². The summed E-state index contributed by atoms with van der Waals surface area (Å²) in [5.74, 6) is -0.749. The topological polar surface area (TPSA) is 75.4 Å². The molecule has 1 heterocycles. The molecule has 33 heavy (non-hydrogen) atoms. The van der Waals surface area contributed by atoms with Crippen LogP contribution in [0.2, 0.25) is 5.02 Å². The van der Waals surface area contributed by atoms with Crippen LogP contribution in [0.5, 0.6) is 0 Å². The van der Waals surface area contributed by atoms with Crippen molar-refractivity contribution in [3.8, 4) is 0 Å². The molecule has 4 rings (SSSR count). The second-order valence-corrected chi connectivity index (χ2v) is 8.95. The van der Waals surface area contributed by atoms with Crippen molar-refractivity contribution in [2.75, 3.05) is 6.54 Å². The predicted octanol–water partition coefficient (Wildman–Crippen LogP) is 5.38. The Morgan fingerprint density at radius 3 is 2.61 bits per heavy atom. The Morgan fingerprint density at radius 1 is 1.12 bits per heavy atom. The van der Waals surface area contributed by atoms with Crippen LogP contribution in [-0.4, -0.2) is 38.0 Å². The first-order valence-electron chi connectivity index (χ1n) is 11.3. The number of carboxylic acid groups (broad SMARTS) is 1. The summed E-state index contributed by atoms with van der Waals surface area (Å²) in [5, 5.41) is 9.49. The summed E-state index contributed by atoms with van der Waals surface area (Å²) in [6.45, 7) is -0.341. The Hall–Kier alpha value is -2.93. The predicted molar refractivity (Wildman–Crippen MR) is 125 cm³/mol. The molecule has 0 spiro atoms. The average Bonchev–Trinajstić information content (AvgIpc) is 3.18. The van der Waals surface area contributed by atoms with Gasteiger partial charge in [0.1, 0.15) is 18.2 Å². The Morgan fingerprint density at radius 2 is 1.88 bits per heavy atom. The molecule has 3 aromatic rings. The monoisotopic (exact) mass is 471 g/mol. The highest BCUT2D eigenvalue weighted by molar-refractivity contribution is 6.31. The number of aromatic nitrogens is 2. The van der Waals surface area contributed by atoms with E-state index in [0.29, 0.717) is 12.5 Å². The normalized spacial score (nSPS) is 14.5. The zero-order chi connectivity index (χ0) is 23.4. The second kappa shape index (κ2) is 10.3. The molecule has 0 radical (unpaired) electrons. The van der Waals surface area contributed by atoms with Crippen molar-refractivity contribution in [3.05, 3.63) is 64.7 Å². The molecule has 1 aliphatic rings. The molecule has 6 nitrogen and oxygen atoms in total. The number of nitrogens with zero attached hydrogens (tertiary/aromatic N) is 3. The van der Waals surface area contributed by atoms with Crippen LogP contribution in [0, 0.1) is 5.82 Å². The molecule has 0 saturated heterocycles. The highest BCUT2D eigenvalue weighted by atomic mass is 35.5. The van der Waals surface area contributed by atoms with E-state index < -0.39 is 18.3 Å². The van der Waals surface area contributed by atoms with Gasteiger partial charge in [-0.15, -0.1) is 0 Å². The van der Waals surface area contributed by atoms with Gasteiger partial charge in [-0.2, -0.15) is 0 Å². The number of halogens is 2. The summed E-state index contributed by atoms with van der Waals surface area (Å²) < 4.78 is 16.4.